The van der Waals surface area contributed by atoms with Crippen molar-refractivity contribution in [2.45, 2.75) is 33.4 Å². The summed E-state index contributed by atoms with van der Waals surface area (Å²) in [6.45, 7) is 11.2. The molecular formula is C19H28N4O2. The molecule has 0 spiro atoms. The number of aliphatic hydroxyl groups is 1. The van der Waals surface area contributed by atoms with E-state index in [1.54, 1.807) is 6.07 Å². The van der Waals surface area contributed by atoms with Crippen LogP contribution in [0.25, 0.3) is 10.9 Å². The third kappa shape index (κ3) is 4.45. The Hall–Kier alpha value is -1.76. The Morgan fingerprint density at radius 2 is 1.80 bits per heavy atom. The molecule has 0 aliphatic carbocycles. The Labute approximate surface area is 148 Å². The van der Waals surface area contributed by atoms with Crippen molar-refractivity contribution in [1.82, 2.24) is 19.8 Å². The van der Waals surface area contributed by atoms with E-state index < -0.39 is 0 Å². The fraction of sp³-hybridized carbons (Fsp3) is 0.579. The van der Waals surface area contributed by atoms with Gasteiger partial charge in [-0.3, -0.25) is 14.6 Å². The summed E-state index contributed by atoms with van der Waals surface area (Å²) in [4.78, 5) is 24.2. The summed E-state index contributed by atoms with van der Waals surface area (Å²) in [5.41, 5.74) is 0.576. The lowest BCUT2D eigenvalue weighted by Gasteiger charge is -2.37. The van der Waals surface area contributed by atoms with Gasteiger partial charge in [0.2, 0.25) is 0 Å². The molecule has 1 aromatic carbocycles. The number of nitrogens with zero attached hydrogens (tertiary/aromatic N) is 3. The topological polar surface area (TPSA) is 72.5 Å². The van der Waals surface area contributed by atoms with E-state index in [2.05, 4.69) is 40.5 Å². The number of hydrogen-bond donors (Lipinski definition) is 2. The van der Waals surface area contributed by atoms with E-state index in [1.807, 2.05) is 18.2 Å². The predicted molar refractivity (Wildman–Crippen MR) is 99.5 cm³/mol. The normalized spacial score (nSPS) is 18.6. The van der Waals surface area contributed by atoms with Gasteiger partial charge in [0.25, 0.3) is 5.56 Å². The van der Waals surface area contributed by atoms with Crippen molar-refractivity contribution < 1.29 is 5.11 Å². The van der Waals surface area contributed by atoms with Crippen LogP contribution in [-0.4, -0.2) is 63.7 Å². The zero-order valence-electron chi connectivity index (χ0n) is 15.3. The number of rotatable bonds is 4. The zero-order valence-corrected chi connectivity index (χ0v) is 15.3. The van der Waals surface area contributed by atoms with Gasteiger partial charge in [-0.25, -0.2) is 4.98 Å². The number of nitrogens with one attached hydrogen (secondary N) is 1. The molecule has 2 heterocycles. The van der Waals surface area contributed by atoms with Crippen LogP contribution in [0, 0.1) is 5.41 Å². The van der Waals surface area contributed by atoms with Gasteiger partial charge in [-0.05, 0) is 17.5 Å². The van der Waals surface area contributed by atoms with E-state index in [9.17, 15) is 9.90 Å². The molecule has 0 unspecified atom stereocenters. The van der Waals surface area contributed by atoms with Crippen LogP contribution in [0.3, 0.4) is 0 Å². The standard InChI is InChI=1S/C19H28N4O2/c1-19(2,3)16(24)12-22-8-10-23(11-9-22)13-17-20-15-7-5-4-6-14(15)18(25)21-17/h4-7,16,24H,8-13H2,1-3H3,(H,20,21,25)/t16-/m1/s1. The van der Waals surface area contributed by atoms with Crippen molar-refractivity contribution in [2.24, 2.45) is 5.41 Å². The van der Waals surface area contributed by atoms with Crippen LogP contribution < -0.4 is 5.56 Å². The SMILES string of the molecule is CC(C)(C)[C@H](O)CN1CCN(Cc2nc3ccccc3c(=O)[nH]2)CC1. The molecule has 1 aliphatic rings. The summed E-state index contributed by atoms with van der Waals surface area (Å²) >= 11 is 0. The highest BCUT2D eigenvalue weighted by atomic mass is 16.3. The van der Waals surface area contributed by atoms with Crippen molar-refractivity contribution in [1.29, 1.82) is 0 Å². The summed E-state index contributed by atoms with van der Waals surface area (Å²) in [5, 5.41) is 10.9. The molecule has 1 aromatic heterocycles. The number of hydrogen-bond acceptors (Lipinski definition) is 5. The smallest absolute Gasteiger partial charge is 0.258 e. The van der Waals surface area contributed by atoms with Crippen LogP contribution in [0.5, 0.6) is 0 Å². The molecule has 2 N–H and O–H groups in total. The largest absolute Gasteiger partial charge is 0.391 e. The number of β-amino-alcohol motifs (C(OH)–C–C–N with tert-alkyl or cyclic N) is 1. The van der Waals surface area contributed by atoms with Crippen LogP contribution in [0.2, 0.25) is 0 Å². The van der Waals surface area contributed by atoms with E-state index >= 15 is 0 Å². The quantitative estimate of drug-likeness (QED) is 0.878. The first kappa shape index (κ1) is 18.0. The molecule has 1 saturated heterocycles. The van der Waals surface area contributed by atoms with Crippen LogP contribution in [0.1, 0.15) is 26.6 Å². The average Bonchev–Trinajstić information content (AvgIpc) is 2.56. The summed E-state index contributed by atoms with van der Waals surface area (Å²) in [6, 6.07) is 7.42. The maximum atomic E-state index is 12.2. The predicted octanol–water partition coefficient (Wildman–Crippen LogP) is 1.45. The lowest BCUT2D eigenvalue weighted by Crippen LogP contribution is -2.50. The van der Waals surface area contributed by atoms with Crippen molar-refractivity contribution in [3.8, 4) is 0 Å². The highest BCUT2D eigenvalue weighted by Crippen LogP contribution is 2.20. The number of aromatic nitrogens is 2. The molecule has 0 amide bonds. The molecule has 1 fully saturated rings. The molecule has 25 heavy (non-hydrogen) atoms. The first-order valence-corrected chi connectivity index (χ1v) is 8.93. The molecule has 1 aliphatic heterocycles. The number of piperazine rings is 1. The third-order valence-electron chi connectivity index (χ3n) is 4.93. The second kappa shape index (κ2) is 7.23. The average molecular weight is 344 g/mol. The van der Waals surface area contributed by atoms with Gasteiger partial charge in [0.1, 0.15) is 5.82 Å². The lowest BCUT2D eigenvalue weighted by molar-refractivity contribution is 0.0123. The molecule has 2 aromatic rings. The van der Waals surface area contributed by atoms with Crippen molar-refractivity contribution in [3.63, 3.8) is 0 Å². The molecule has 1 atom stereocenters. The maximum Gasteiger partial charge on any atom is 0.258 e. The Bertz CT molecular complexity index is 773. The Morgan fingerprint density at radius 3 is 2.48 bits per heavy atom. The van der Waals surface area contributed by atoms with Crippen molar-refractivity contribution in [2.75, 3.05) is 32.7 Å². The summed E-state index contributed by atoms with van der Waals surface area (Å²) in [7, 11) is 0. The van der Waals surface area contributed by atoms with Gasteiger partial charge >= 0.3 is 0 Å². The van der Waals surface area contributed by atoms with Gasteiger partial charge in [0.15, 0.2) is 0 Å². The van der Waals surface area contributed by atoms with Gasteiger partial charge < -0.3 is 10.1 Å². The molecule has 0 bridgehead atoms. The van der Waals surface area contributed by atoms with E-state index in [0.29, 0.717) is 24.3 Å². The Kier molecular flexibility index (Phi) is 5.22. The van der Waals surface area contributed by atoms with Crippen LogP contribution >= 0.6 is 0 Å². The zero-order chi connectivity index (χ0) is 18.0. The van der Waals surface area contributed by atoms with E-state index in [1.165, 1.54) is 0 Å². The van der Waals surface area contributed by atoms with Crippen LogP contribution in [0.15, 0.2) is 29.1 Å². The van der Waals surface area contributed by atoms with E-state index in [0.717, 1.165) is 31.7 Å². The minimum atomic E-state index is -0.322. The first-order valence-electron chi connectivity index (χ1n) is 8.93. The molecule has 6 nitrogen and oxygen atoms in total. The third-order valence-corrected chi connectivity index (χ3v) is 4.93. The van der Waals surface area contributed by atoms with Gasteiger partial charge in [-0.1, -0.05) is 32.9 Å². The number of fused-ring (bicyclic) bond motifs is 1. The van der Waals surface area contributed by atoms with Crippen molar-refractivity contribution in [3.05, 3.63) is 40.4 Å². The number of para-hydroxylation sites is 1. The van der Waals surface area contributed by atoms with Crippen LogP contribution in [-0.2, 0) is 6.54 Å². The number of H-pyrrole nitrogens is 1. The highest BCUT2D eigenvalue weighted by Gasteiger charge is 2.26. The fourth-order valence-electron chi connectivity index (χ4n) is 3.07. The summed E-state index contributed by atoms with van der Waals surface area (Å²) < 4.78 is 0. The molecule has 136 valence electrons. The number of aromatic amines is 1. The molecule has 0 radical (unpaired) electrons. The number of aliphatic hydroxyl groups excluding tert-OH is 1. The van der Waals surface area contributed by atoms with Gasteiger partial charge in [0.05, 0.1) is 23.6 Å². The fourth-order valence-corrected chi connectivity index (χ4v) is 3.07. The van der Waals surface area contributed by atoms with E-state index in [4.69, 9.17) is 0 Å². The summed E-state index contributed by atoms with van der Waals surface area (Å²) in [5.74, 6) is 0.715. The summed E-state index contributed by atoms with van der Waals surface area (Å²) in [6.07, 6.45) is -0.322. The second-order valence-corrected chi connectivity index (χ2v) is 7.99. The monoisotopic (exact) mass is 344 g/mol. The Morgan fingerprint density at radius 1 is 1.16 bits per heavy atom. The lowest BCUT2D eigenvalue weighted by atomic mass is 9.89. The maximum absolute atomic E-state index is 12.2. The van der Waals surface area contributed by atoms with Gasteiger partial charge in [-0.2, -0.15) is 0 Å². The minimum absolute atomic E-state index is 0.0764. The van der Waals surface area contributed by atoms with Crippen molar-refractivity contribution >= 4 is 10.9 Å². The van der Waals surface area contributed by atoms with Gasteiger partial charge in [0, 0.05) is 32.7 Å². The number of benzene rings is 1. The first-order chi connectivity index (χ1) is 11.8. The molecule has 3 rings (SSSR count). The van der Waals surface area contributed by atoms with E-state index in [-0.39, 0.29) is 17.1 Å². The Balaban J connectivity index is 1.58. The van der Waals surface area contributed by atoms with Crippen LogP contribution in [0.4, 0.5) is 0 Å². The molecule has 6 heteroatoms. The highest BCUT2D eigenvalue weighted by molar-refractivity contribution is 5.77. The minimum Gasteiger partial charge on any atom is -0.391 e. The second-order valence-electron chi connectivity index (χ2n) is 7.99. The van der Waals surface area contributed by atoms with Gasteiger partial charge in [-0.15, -0.1) is 0 Å². The molecular weight excluding hydrogens is 316 g/mol. The molecule has 0 saturated carbocycles.